The van der Waals surface area contributed by atoms with Gasteiger partial charge >= 0.3 is 0 Å². The Morgan fingerprint density at radius 3 is 2.09 bits per heavy atom. The van der Waals surface area contributed by atoms with E-state index in [0.717, 1.165) is 43.7 Å². The quantitative estimate of drug-likeness (QED) is 0.0134. The van der Waals surface area contributed by atoms with Gasteiger partial charge in [-0.05, 0) is 69.3 Å². The van der Waals surface area contributed by atoms with Crippen LogP contribution < -0.4 is 10.1 Å². The standard InChI is InChI=1S/C47H65IN10O10/c1-64-40-33-52-45(42-41(40)39(32-51-42)43(61)47(63)57-19-11-37(12-20-57)38(31-49)36-9-3-2-4-10-36)58-35-53-44(54-58)46(62)50-13-5-14-55(17-7-22-59)15-6-16-56(18-8-23-60)21-24-65-25-26-66-27-28-67-29-30-68-34-48/h2-4,9-10,32-33,35,51,59-60H,5-8,11-30,34H2,1H3,(H,50,62). The third-order valence-electron chi connectivity index (χ3n) is 11.3. The minimum absolute atomic E-state index is 0.0748. The second kappa shape index (κ2) is 30.6. The van der Waals surface area contributed by atoms with E-state index < -0.39 is 17.6 Å². The Morgan fingerprint density at radius 2 is 1.46 bits per heavy atom. The summed E-state index contributed by atoms with van der Waals surface area (Å²) in [7, 11) is 1.44. The van der Waals surface area contributed by atoms with Crippen LogP contribution in [-0.4, -0.2) is 197 Å². The zero-order chi connectivity index (χ0) is 48.4. The smallest absolute Gasteiger partial charge is 0.295 e. The second-order valence-electron chi connectivity index (χ2n) is 15.8. The lowest BCUT2D eigenvalue weighted by Gasteiger charge is -2.28. The van der Waals surface area contributed by atoms with Gasteiger partial charge in [0.25, 0.3) is 17.6 Å². The molecule has 1 saturated heterocycles. The molecule has 1 aliphatic heterocycles. The van der Waals surface area contributed by atoms with Crippen molar-refractivity contribution in [2.24, 2.45) is 0 Å². The molecule has 0 radical (unpaired) electrons. The van der Waals surface area contributed by atoms with Crippen molar-refractivity contribution < 1.29 is 48.3 Å². The molecule has 68 heavy (non-hydrogen) atoms. The van der Waals surface area contributed by atoms with Crippen LogP contribution in [0.15, 0.2) is 54.6 Å². The number of piperidine rings is 1. The van der Waals surface area contributed by atoms with Crippen molar-refractivity contribution in [2.75, 3.05) is 130 Å². The molecule has 4 N–H and O–H groups in total. The van der Waals surface area contributed by atoms with Gasteiger partial charge < -0.3 is 58.9 Å². The molecule has 0 aliphatic carbocycles. The van der Waals surface area contributed by atoms with Gasteiger partial charge in [-0.3, -0.25) is 14.4 Å². The van der Waals surface area contributed by atoms with Crippen LogP contribution in [0, 0.1) is 11.3 Å². The van der Waals surface area contributed by atoms with Crippen molar-refractivity contribution in [3.8, 4) is 17.6 Å². The number of ether oxygens (including phenoxy) is 5. The lowest BCUT2D eigenvalue weighted by molar-refractivity contribution is -0.126. The highest BCUT2D eigenvalue weighted by atomic mass is 127. The minimum Gasteiger partial charge on any atom is -0.494 e. The predicted molar refractivity (Wildman–Crippen MR) is 262 cm³/mol. The number of aliphatic hydroxyl groups is 2. The van der Waals surface area contributed by atoms with Crippen LogP contribution in [0.4, 0.5) is 0 Å². The molecular weight excluding hydrogens is 991 g/mol. The summed E-state index contributed by atoms with van der Waals surface area (Å²) in [6.07, 6.45) is 8.02. The number of benzene rings is 1. The number of hydrogen-bond donors (Lipinski definition) is 4. The molecule has 0 saturated carbocycles. The Kier molecular flexibility index (Phi) is 24.3. The third-order valence-corrected chi connectivity index (χ3v) is 11.7. The number of fused-ring (bicyclic) bond motifs is 1. The maximum Gasteiger partial charge on any atom is 0.295 e. The van der Waals surface area contributed by atoms with E-state index in [2.05, 4.69) is 63.8 Å². The number of methoxy groups -OCH3 is 1. The third kappa shape index (κ3) is 16.7. The largest absolute Gasteiger partial charge is 0.494 e. The minimum atomic E-state index is -0.720. The number of carbonyl (C=O) groups excluding carboxylic acids is 3. The van der Waals surface area contributed by atoms with E-state index in [9.17, 15) is 29.9 Å². The number of H-pyrrole nitrogens is 1. The first-order valence-corrected chi connectivity index (χ1v) is 24.6. The Labute approximate surface area is 411 Å². The number of halogens is 1. The van der Waals surface area contributed by atoms with Gasteiger partial charge in [0.05, 0.1) is 92.3 Å². The zero-order valence-corrected chi connectivity index (χ0v) is 41.1. The van der Waals surface area contributed by atoms with Crippen molar-refractivity contribution in [2.45, 2.75) is 38.5 Å². The van der Waals surface area contributed by atoms with Crippen LogP contribution >= 0.6 is 22.6 Å². The molecule has 4 heterocycles. The average molecular weight is 1060 g/mol. The molecule has 0 unspecified atom stereocenters. The summed E-state index contributed by atoms with van der Waals surface area (Å²) in [4.78, 5) is 58.4. The number of likely N-dealkylation sites (tertiary alicyclic amines) is 1. The Hall–Kier alpha value is -4.90. The fourth-order valence-corrected chi connectivity index (χ4v) is 8.10. The molecule has 0 spiro atoms. The summed E-state index contributed by atoms with van der Waals surface area (Å²) >= 11 is 2.15. The lowest BCUT2D eigenvalue weighted by Crippen LogP contribution is -2.40. The average Bonchev–Trinajstić information content (AvgIpc) is 4.05. The van der Waals surface area contributed by atoms with Crippen LogP contribution in [0.5, 0.6) is 5.75 Å². The van der Waals surface area contributed by atoms with Crippen LogP contribution in [0.25, 0.3) is 22.3 Å². The highest BCUT2D eigenvalue weighted by Crippen LogP contribution is 2.33. The van der Waals surface area contributed by atoms with E-state index in [0.29, 0.717) is 132 Å². The number of amides is 2. The predicted octanol–water partition coefficient (Wildman–Crippen LogP) is 3.27. The SMILES string of the molecule is COc1cnc(-n2cnc(C(=O)NCCCN(CCCO)CCCN(CCCO)CCOCCOCCOCCOCI)n2)c2[nH]cc(C(=O)C(=O)N3CCC(=C(C#N)c4ccccc4)CC3)c12. The number of aliphatic hydroxyl groups excluding tert-OH is 2. The number of carbonyl (C=O) groups is 3. The number of aromatic nitrogens is 5. The monoisotopic (exact) mass is 1060 g/mol. The first-order chi connectivity index (χ1) is 33.3. The molecule has 4 aromatic rings. The highest BCUT2D eigenvalue weighted by molar-refractivity contribution is 14.1. The van der Waals surface area contributed by atoms with Crippen LogP contribution in [0.3, 0.4) is 0 Å². The van der Waals surface area contributed by atoms with Crippen molar-refractivity contribution in [3.05, 3.63) is 71.6 Å². The molecule has 0 bridgehead atoms. The Bertz CT molecular complexity index is 2220. The van der Waals surface area contributed by atoms with Gasteiger partial charge in [0.15, 0.2) is 5.82 Å². The maximum atomic E-state index is 13.8. The molecule has 370 valence electrons. The molecule has 1 fully saturated rings. The first kappa shape index (κ1) is 54.0. The lowest BCUT2D eigenvalue weighted by atomic mass is 9.93. The highest BCUT2D eigenvalue weighted by Gasteiger charge is 2.30. The number of nitrogens with zero attached hydrogens (tertiary/aromatic N) is 8. The number of hydrogen-bond acceptors (Lipinski definition) is 16. The van der Waals surface area contributed by atoms with Crippen LogP contribution in [-0.2, 0) is 23.7 Å². The van der Waals surface area contributed by atoms with Crippen molar-refractivity contribution in [1.29, 1.82) is 5.26 Å². The van der Waals surface area contributed by atoms with Gasteiger partial charge in [-0.1, -0.05) is 52.9 Å². The maximum absolute atomic E-state index is 13.8. The normalized spacial score (nSPS) is 12.8. The molecule has 2 amide bonds. The number of nitriles is 1. The van der Waals surface area contributed by atoms with E-state index in [-0.39, 0.29) is 36.2 Å². The number of aromatic amines is 1. The molecule has 1 aliphatic rings. The van der Waals surface area contributed by atoms with Gasteiger partial charge in [0.1, 0.15) is 12.1 Å². The van der Waals surface area contributed by atoms with E-state index in [1.54, 1.807) is 0 Å². The number of ketones is 1. The van der Waals surface area contributed by atoms with E-state index >= 15 is 0 Å². The molecule has 0 atom stereocenters. The molecule has 5 rings (SSSR count). The summed E-state index contributed by atoms with van der Waals surface area (Å²) in [6.45, 7) is 9.38. The summed E-state index contributed by atoms with van der Waals surface area (Å²) in [5.41, 5.74) is 2.85. The van der Waals surface area contributed by atoms with E-state index in [4.69, 9.17) is 23.7 Å². The fraction of sp³-hybridized carbons (Fsp3) is 0.553. The van der Waals surface area contributed by atoms with E-state index in [1.807, 2.05) is 30.3 Å². The van der Waals surface area contributed by atoms with Crippen molar-refractivity contribution in [3.63, 3.8) is 0 Å². The first-order valence-electron chi connectivity index (χ1n) is 23.1. The second-order valence-corrected chi connectivity index (χ2v) is 16.5. The number of rotatable bonds is 33. The summed E-state index contributed by atoms with van der Waals surface area (Å²) in [5, 5.41) is 36.5. The van der Waals surface area contributed by atoms with Crippen molar-refractivity contribution in [1.82, 2.24) is 44.7 Å². The zero-order valence-electron chi connectivity index (χ0n) is 38.9. The number of nitrogens with one attached hydrogen (secondary N) is 2. The van der Waals surface area contributed by atoms with Gasteiger partial charge in [0, 0.05) is 58.7 Å². The Morgan fingerprint density at radius 1 is 0.838 bits per heavy atom. The van der Waals surface area contributed by atoms with Crippen LogP contribution in [0.2, 0.25) is 0 Å². The fourth-order valence-electron chi connectivity index (χ4n) is 7.79. The van der Waals surface area contributed by atoms with Crippen LogP contribution in [0.1, 0.15) is 65.1 Å². The van der Waals surface area contributed by atoms with Gasteiger partial charge in [-0.25, -0.2) is 9.97 Å². The van der Waals surface area contributed by atoms with E-state index in [1.165, 1.54) is 35.4 Å². The molecule has 20 nitrogen and oxygen atoms in total. The van der Waals surface area contributed by atoms with Gasteiger partial charge in [0.2, 0.25) is 5.82 Å². The number of Topliss-reactive ketones (excluding diaryl/α,β-unsaturated/α-hetero) is 1. The summed E-state index contributed by atoms with van der Waals surface area (Å²) < 4.78 is 29.6. The molecular formula is C47H65IN10O10. The van der Waals surface area contributed by atoms with Gasteiger partial charge in [-0.15, -0.1) is 5.10 Å². The number of pyridine rings is 1. The Balaban J connectivity index is 1.08. The van der Waals surface area contributed by atoms with Crippen molar-refractivity contribution >= 4 is 56.7 Å². The number of allylic oxidation sites excluding steroid dienone is 1. The molecule has 1 aromatic carbocycles. The summed E-state index contributed by atoms with van der Waals surface area (Å²) in [6, 6.07) is 11.7. The summed E-state index contributed by atoms with van der Waals surface area (Å²) in [5.74, 6) is -1.41. The molecule has 21 heteroatoms. The number of alkyl halides is 1. The topological polar surface area (TPSA) is 243 Å². The molecule has 3 aromatic heterocycles. The van der Waals surface area contributed by atoms with Gasteiger partial charge in [-0.2, -0.15) is 9.94 Å².